The molecule has 0 spiro atoms. The monoisotopic (exact) mass is 344 g/mol. The molecule has 1 fully saturated rings. The largest absolute Gasteiger partial charge is 0.355 e. The number of carbonyl (C=O) groups is 1. The molecule has 0 bridgehead atoms. The van der Waals surface area contributed by atoms with Crippen LogP contribution in [-0.2, 0) is 11.3 Å². The van der Waals surface area contributed by atoms with Gasteiger partial charge in [0.15, 0.2) is 5.96 Å². The highest BCUT2D eigenvalue weighted by atomic mass is 16.2. The van der Waals surface area contributed by atoms with Crippen LogP contribution >= 0.6 is 0 Å². The van der Waals surface area contributed by atoms with E-state index in [1.807, 2.05) is 21.1 Å². The van der Waals surface area contributed by atoms with E-state index in [1.165, 1.54) is 11.1 Å². The number of hydrogen-bond acceptors (Lipinski definition) is 2. The van der Waals surface area contributed by atoms with E-state index in [2.05, 4.69) is 46.4 Å². The zero-order valence-corrected chi connectivity index (χ0v) is 16.3. The summed E-state index contributed by atoms with van der Waals surface area (Å²) in [5, 5.41) is 3.45. The predicted molar refractivity (Wildman–Crippen MR) is 104 cm³/mol. The molecule has 0 saturated heterocycles. The van der Waals surface area contributed by atoms with Gasteiger partial charge in [0.25, 0.3) is 0 Å². The van der Waals surface area contributed by atoms with E-state index in [9.17, 15) is 4.79 Å². The lowest BCUT2D eigenvalue weighted by Crippen LogP contribution is -2.49. The van der Waals surface area contributed by atoms with Crippen molar-refractivity contribution in [3.8, 4) is 0 Å². The van der Waals surface area contributed by atoms with E-state index < -0.39 is 0 Å². The number of amides is 1. The highest BCUT2D eigenvalue weighted by Crippen LogP contribution is 2.38. The maximum Gasteiger partial charge on any atom is 0.230 e. The number of benzene rings is 1. The van der Waals surface area contributed by atoms with Gasteiger partial charge in [0.1, 0.15) is 0 Å². The SMILES string of the molecule is CN=C(NCC1(C(=O)N(C)C)CCCC1)N(C)Cc1ccc(C)cc1. The summed E-state index contributed by atoms with van der Waals surface area (Å²) >= 11 is 0. The van der Waals surface area contributed by atoms with Gasteiger partial charge in [-0.05, 0) is 25.3 Å². The van der Waals surface area contributed by atoms with Crippen LogP contribution in [0.25, 0.3) is 0 Å². The quantitative estimate of drug-likeness (QED) is 0.660. The lowest BCUT2D eigenvalue weighted by Gasteiger charge is -2.32. The summed E-state index contributed by atoms with van der Waals surface area (Å²) in [5.41, 5.74) is 2.22. The van der Waals surface area contributed by atoms with Crippen molar-refractivity contribution in [1.82, 2.24) is 15.1 Å². The predicted octanol–water partition coefficient (Wildman–Crippen LogP) is 2.65. The van der Waals surface area contributed by atoms with Gasteiger partial charge in [-0.3, -0.25) is 9.79 Å². The Morgan fingerprint density at radius 1 is 1.16 bits per heavy atom. The van der Waals surface area contributed by atoms with Crippen molar-refractivity contribution in [2.75, 3.05) is 34.7 Å². The lowest BCUT2D eigenvalue weighted by molar-refractivity contribution is -0.138. The van der Waals surface area contributed by atoms with Crippen molar-refractivity contribution < 1.29 is 4.79 Å². The van der Waals surface area contributed by atoms with Gasteiger partial charge >= 0.3 is 0 Å². The molecule has 0 unspecified atom stereocenters. The first-order chi connectivity index (χ1) is 11.9. The standard InChI is InChI=1S/C20H32N4O/c1-16-8-10-17(11-9-16)14-24(5)19(21-2)22-15-20(12-6-7-13-20)18(25)23(3)4/h8-11H,6-7,12-15H2,1-5H3,(H,21,22). The van der Waals surface area contributed by atoms with Crippen molar-refractivity contribution in [1.29, 1.82) is 0 Å². The molecule has 1 aliphatic rings. The average molecular weight is 345 g/mol. The molecule has 0 radical (unpaired) electrons. The van der Waals surface area contributed by atoms with Crippen LogP contribution in [0.4, 0.5) is 0 Å². The van der Waals surface area contributed by atoms with Crippen molar-refractivity contribution in [2.45, 2.75) is 39.2 Å². The molecule has 5 nitrogen and oxygen atoms in total. The molecule has 1 aliphatic carbocycles. The minimum Gasteiger partial charge on any atom is -0.355 e. The van der Waals surface area contributed by atoms with Crippen LogP contribution in [0.5, 0.6) is 0 Å². The van der Waals surface area contributed by atoms with Crippen LogP contribution in [0.1, 0.15) is 36.8 Å². The summed E-state index contributed by atoms with van der Waals surface area (Å²) < 4.78 is 0. The van der Waals surface area contributed by atoms with Crippen LogP contribution in [0.15, 0.2) is 29.3 Å². The summed E-state index contributed by atoms with van der Waals surface area (Å²) in [5.74, 6) is 1.06. The number of hydrogen-bond donors (Lipinski definition) is 1. The Morgan fingerprint density at radius 2 is 1.76 bits per heavy atom. The third-order valence-corrected chi connectivity index (χ3v) is 5.12. The summed E-state index contributed by atoms with van der Waals surface area (Å²) in [7, 11) is 7.52. The van der Waals surface area contributed by atoms with Crippen LogP contribution in [0.3, 0.4) is 0 Å². The summed E-state index contributed by atoms with van der Waals surface area (Å²) in [6.07, 6.45) is 4.16. The molecule has 1 aromatic rings. The van der Waals surface area contributed by atoms with E-state index in [1.54, 1.807) is 11.9 Å². The van der Waals surface area contributed by atoms with Gasteiger partial charge in [-0.15, -0.1) is 0 Å². The third kappa shape index (κ3) is 4.74. The Hall–Kier alpha value is -2.04. The molecule has 1 saturated carbocycles. The Kier molecular flexibility index (Phi) is 6.45. The Bertz CT molecular complexity index is 601. The molecule has 0 atom stereocenters. The second kappa shape index (κ2) is 8.37. The molecule has 138 valence electrons. The minimum absolute atomic E-state index is 0.231. The van der Waals surface area contributed by atoms with Crippen LogP contribution < -0.4 is 5.32 Å². The lowest BCUT2D eigenvalue weighted by atomic mass is 9.84. The van der Waals surface area contributed by atoms with Crippen molar-refractivity contribution in [3.05, 3.63) is 35.4 Å². The minimum atomic E-state index is -0.288. The van der Waals surface area contributed by atoms with E-state index in [-0.39, 0.29) is 11.3 Å². The molecule has 0 aromatic heterocycles. The highest BCUT2D eigenvalue weighted by Gasteiger charge is 2.42. The number of nitrogens with one attached hydrogen (secondary N) is 1. The first kappa shape index (κ1) is 19.3. The summed E-state index contributed by atoms with van der Waals surface area (Å²) in [4.78, 5) is 20.9. The van der Waals surface area contributed by atoms with Gasteiger partial charge in [0.05, 0.1) is 5.41 Å². The first-order valence-corrected chi connectivity index (χ1v) is 9.07. The molecule has 25 heavy (non-hydrogen) atoms. The van der Waals surface area contributed by atoms with Crippen LogP contribution in [0, 0.1) is 12.3 Å². The molecule has 2 rings (SSSR count). The van der Waals surface area contributed by atoms with Gasteiger partial charge < -0.3 is 15.1 Å². The smallest absolute Gasteiger partial charge is 0.230 e. The molecule has 1 aromatic carbocycles. The van der Waals surface area contributed by atoms with E-state index in [0.29, 0.717) is 6.54 Å². The number of rotatable bonds is 5. The van der Waals surface area contributed by atoms with Gasteiger partial charge in [-0.2, -0.15) is 0 Å². The van der Waals surface area contributed by atoms with Crippen molar-refractivity contribution in [2.24, 2.45) is 10.4 Å². The van der Waals surface area contributed by atoms with E-state index in [4.69, 9.17) is 0 Å². The van der Waals surface area contributed by atoms with Crippen molar-refractivity contribution in [3.63, 3.8) is 0 Å². The van der Waals surface area contributed by atoms with Gasteiger partial charge in [-0.25, -0.2) is 0 Å². The third-order valence-electron chi connectivity index (χ3n) is 5.12. The molecule has 1 N–H and O–H groups in total. The zero-order chi connectivity index (χ0) is 18.4. The van der Waals surface area contributed by atoms with Gasteiger partial charge in [0, 0.05) is 41.3 Å². The summed E-state index contributed by atoms with van der Waals surface area (Å²) in [6.45, 7) is 3.53. The van der Waals surface area contributed by atoms with E-state index in [0.717, 1.165) is 38.2 Å². The summed E-state index contributed by atoms with van der Waals surface area (Å²) in [6, 6.07) is 8.55. The fourth-order valence-electron chi connectivity index (χ4n) is 3.67. The van der Waals surface area contributed by atoms with Gasteiger partial charge in [0.2, 0.25) is 5.91 Å². The second-order valence-corrected chi connectivity index (χ2v) is 7.43. The zero-order valence-electron chi connectivity index (χ0n) is 16.3. The molecular formula is C20H32N4O. The van der Waals surface area contributed by atoms with Gasteiger partial charge in [-0.1, -0.05) is 42.7 Å². The molecule has 0 heterocycles. The number of carbonyl (C=O) groups excluding carboxylic acids is 1. The molecule has 1 amide bonds. The Labute approximate surface area is 152 Å². The number of guanidine groups is 1. The maximum absolute atomic E-state index is 12.7. The van der Waals surface area contributed by atoms with Crippen LogP contribution in [-0.4, -0.2) is 56.4 Å². The first-order valence-electron chi connectivity index (χ1n) is 9.07. The topological polar surface area (TPSA) is 47.9 Å². The highest BCUT2D eigenvalue weighted by molar-refractivity contribution is 5.85. The number of aliphatic imine (C=N–C) groups is 1. The second-order valence-electron chi connectivity index (χ2n) is 7.43. The van der Waals surface area contributed by atoms with E-state index >= 15 is 0 Å². The maximum atomic E-state index is 12.7. The van der Waals surface area contributed by atoms with Crippen molar-refractivity contribution >= 4 is 11.9 Å². The molecule has 0 aliphatic heterocycles. The Balaban J connectivity index is 2.00. The number of aryl methyl sites for hydroxylation is 1. The Morgan fingerprint density at radius 3 is 2.28 bits per heavy atom. The van der Waals surface area contributed by atoms with Crippen LogP contribution in [0.2, 0.25) is 0 Å². The normalized spacial score (nSPS) is 16.6. The number of nitrogens with zero attached hydrogens (tertiary/aromatic N) is 3. The molecular weight excluding hydrogens is 312 g/mol. The average Bonchev–Trinajstić information content (AvgIpc) is 3.06. The fraction of sp³-hybridized carbons (Fsp3) is 0.600. The molecule has 5 heteroatoms. The fourth-order valence-corrected chi connectivity index (χ4v) is 3.67.